The summed E-state index contributed by atoms with van der Waals surface area (Å²) in [4.78, 5) is 0.534. The van der Waals surface area contributed by atoms with Crippen molar-refractivity contribution < 1.29 is 13.1 Å². The second-order valence-corrected chi connectivity index (χ2v) is 4.65. The van der Waals surface area contributed by atoms with Gasteiger partial charge in [0, 0.05) is 11.8 Å². The van der Waals surface area contributed by atoms with Crippen molar-refractivity contribution in [2.24, 2.45) is 5.10 Å². The highest BCUT2D eigenvalue weighted by atomic mass is 19.2. The number of pyridine rings is 1. The number of anilines is 1. The van der Waals surface area contributed by atoms with Gasteiger partial charge in [-0.05, 0) is 30.3 Å². The van der Waals surface area contributed by atoms with Crippen LogP contribution in [0.15, 0.2) is 53.8 Å². The van der Waals surface area contributed by atoms with Gasteiger partial charge >= 0.3 is 6.97 Å². The van der Waals surface area contributed by atoms with Gasteiger partial charge in [-0.3, -0.25) is 0 Å². The van der Waals surface area contributed by atoms with Crippen molar-refractivity contribution in [2.75, 3.05) is 4.92 Å². The Hall–Kier alpha value is -3.26. The third-order valence-corrected chi connectivity index (χ3v) is 3.34. The highest BCUT2D eigenvalue weighted by Gasteiger charge is 2.52. The molecule has 3 rings (SSSR count). The topological polar surface area (TPSA) is 67.1 Å². The monoisotopic (exact) mass is 295 g/mol. The molecule has 1 aliphatic rings. The van der Waals surface area contributed by atoms with Gasteiger partial charge in [-0.1, -0.05) is 6.07 Å². The van der Waals surface area contributed by atoms with E-state index in [4.69, 9.17) is 10.5 Å². The first-order valence-electron chi connectivity index (χ1n) is 6.39. The van der Waals surface area contributed by atoms with E-state index in [1.807, 2.05) is 12.1 Å². The molecule has 0 saturated carbocycles. The fourth-order valence-corrected chi connectivity index (χ4v) is 2.28. The molecule has 0 unspecified atom stereocenters. The van der Waals surface area contributed by atoms with E-state index < -0.39 is 6.97 Å². The molecule has 0 radical (unpaired) electrons. The lowest BCUT2D eigenvalue weighted by molar-refractivity contribution is -0.569. The van der Waals surface area contributed by atoms with Crippen LogP contribution in [0.4, 0.5) is 14.3 Å². The van der Waals surface area contributed by atoms with Crippen LogP contribution in [0.5, 0.6) is 0 Å². The van der Waals surface area contributed by atoms with Gasteiger partial charge in [0.15, 0.2) is 5.69 Å². The lowest BCUT2D eigenvalue weighted by Crippen LogP contribution is -2.72. The van der Waals surface area contributed by atoms with Gasteiger partial charge in [-0.15, -0.1) is 0 Å². The molecule has 0 saturated heterocycles. The van der Waals surface area contributed by atoms with Crippen LogP contribution in [0.3, 0.4) is 0 Å². The zero-order chi connectivity index (χ0) is 15.7. The predicted octanol–water partition coefficient (Wildman–Crippen LogP) is 1.82. The summed E-state index contributed by atoms with van der Waals surface area (Å²) < 4.78 is 30.2. The minimum absolute atomic E-state index is 0.0693. The maximum atomic E-state index is 14.7. The summed E-state index contributed by atoms with van der Waals surface area (Å²) >= 11 is 0. The molecule has 2 heterocycles. The van der Waals surface area contributed by atoms with Crippen molar-refractivity contribution >= 4 is 18.4 Å². The van der Waals surface area contributed by atoms with Gasteiger partial charge < -0.3 is 18.0 Å². The first kappa shape index (κ1) is 13.7. The van der Waals surface area contributed by atoms with Gasteiger partial charge in [-0.25, -0.2) is 0 Å². The Morgan fingerprint density at radius 2 is 1.77 bits per heavy atom. The van der Waals surface area contributed by atoms with Crippen molar-refractivity contribution in [3.63, 3.8) is 0 Å². The van der Waals surface area contributed by atoms with E-state index in [1.165, 1.54) is 42.6 Å². The summed E-state index contributed by atoms with van der Waals surface area (Å²) in [5.41, 5.74) is 0.436. The number of hydrogen-bond donors (Lipinski definition) is 0. The molecule has 1 aromatic heterocycles. The number of fused-ring (bicyclic) bond motifs is 1. The Kier molecular flexibility index (Phi) is 3.08. The summed E-state index contributed by atoms with van der Waals surface area (Å²) in [6, 6.07) is 13.8. The Balaban J connectivity index is 2.17. The predicted molar refractivity (Wildman–Crippen MR) is 75.8 cm³/mol. The largest absolute Gasteiger partial charge is 0.753 e. The third-order valence-electron chi connectivity index (χ3n) is 3.34. The number of hydrogen-bond acceptors (Lipinski definition) is 4. The van der Waals surface area contributed by atoms with Crippen LogP contribution in [0.2, 0.25) is 0 Å². The molecular weight excluding hydrogens is 287 g/mol. The first-order chi connectivity index (χ1) is 10.6. The van der Waals surface area contributed by atoms with Crippen LogP contribution in [-0.2, 0) is 0 Å². The number of rotatable bonds is 1. The number of halogens is 2. The molecule has 0 fully saturated rings. The van der Waals surface area contributed by atoms with Crippen LogP contribution in [0, 0.1) is 22.7 Å². The van der Waals surface area contributed by atoms with E-state index in [2.05, 4.69) is 5.10 Å². The Bertz CT molecular complexity index is 849. The maximum absolute atomic E-state index is 14.7. The summed E-state index contributed by atoms with van der Waals surface area (Å²) in [5, 5.41) is 21.7. The summed E-state index contributed by atoms with van der Waals surface area (Å²) in [6.07, 6.45) is 1.22. The molecule has 5 nitrogen and oxygen atoms in total. The second kappa shape index (κ2) is 4.94. The van der Waals surface area contributed by atoms with Gasteiger partial charge in [-0.2, -0.15) is 15.6 Å². The normalized spacial score (nSPS) is 15.3. The van der Waals surface area contributed by atoms with E-state index in [0.29, 0.717) is 10.5 Å². The minimum Gasteiger partial charge on any atom is -0.388 e. The molecule has 22 heavy (non-hydrogen) atoms. The lowest BCUT2D eigenvalue weighted by Gasteiger charge is -2.34. The Morgan fingerprint density at radius 3 is 2.41 bits per heavy atom. The van der Waals surface area contributed by atoms with E-state index in [0.717, 1.165) is 4.48 Å². The van der Waals surface area contributed by atoms with Crippen LogP contribution in [0.1, 0.15) is 11.3 Å². The number of benzene rings is 1. The molecule has 0 aliphatic carbocycles. The maximum Gasteiger partial charge on any atom is 0.753 e. The zero-order valence-electron chi connectivity index (χ0n) is 11.2. The summed E-state index contributed by atoms with van der Waals surface area (Å²) in [5.74, 6) is 0. The van der Waals surface area contributed by atoms with E-state index >= 15 is 0 Å². The number of nitriles is 2. The first-order valence-corrected chi connectivity index (χ1v) is 6.39. The van der Waals surface area contributed by atoms with E-state index in [-0.39, 0.29) is 17.1 Å². The van der Waals surface area contributed by atoms with E-state index in [9.17, 15) is 8.63 Å². The minimum atomic E-state index is -4.22. The molecule has 0 bridgehead atoms. The molecule has 106 valence electrons. The Labute approximate surface area is 125 Å². The summed E-state index contributed by atoms with van der Waals surface area (Å²) in [6.45, 7) is -4.22. The highest BCUT2D eigenvalue weighted by molar-refractivity contribution is 6.62. The van der Waals surface area contributed by atoms with Crippen LogP contribution >= 0.6 is 0 Å². The molecule has 1 aromatic carbocycles. The average molecular weight is 295 g/mol. The van der Waals surface area contributed by atoms with Crippen molar-refractivity contribution in [3.05, 3.63) is 59.9 Å². The van der Waals surface area contributed by atoms with Crippen molar-refractivity contribution in [1.29, 1.82) is 10.5 Å². The molecule has 0 N–H and O–H groups in total. The molecule has 0 atom stereocenters. The quantitative estimate of drug-likeness (QED) is 0.754. The molecule has 1 aliphatic heterocycles. The van der Waals surface area contributed by atoms with Gasteiger partial charge in [0.05, 0.1) is 11.6 Å². The lowest BCUT2D eigenvalue weighted by atomic mass is 9.91. The number of nitrogens with zero attached hydrogens (tertiary/aromatic N) is 5. The third kappa shape index (κ3) is 1.98. The number of aromatic nitrogens is 1. The summed E-state index contributed by atoms with van der Waals surface area (Å²) in [7, 11) is 0. The zero-order valence-corrected chi connectivity index (χ0v) is 11.2. The SMILES string of the molecule is N#CC1=NN(c2ccc(C#N)cc2)[B-](F)(F)[n+]2ccccc21. The van der Waals surface area contributed by atoms with Gasteiger partial charge in [0.2, 0.25) is 5.71 Å². The van der Waals surface area contributed by atoms with Gasteiger partial charge in [0.25, 0.3) is 0 Å². The van der Waals surface area contributed by atoms with Crippen molar-refractivity contribution in [3.8, 4) is 12.1 Å². The molecular formula is C14H8BF2N5. The van der Waals surface area contributed by atoms with Crippen molar-refractivity contribution in [1.82, 2.24) is 0 Å². The Morgan fingerprint density at radius 1 is 1.05 bits per heavy atom. The smallest absolute Gasteiger partial charge is 0.388 e. The van der Waals surface area contributed by atoms with Crippen LogP contribution in [-0.4, -0.2) is 12.7 Å². The molecule has 8 heteroatoms. The van der Waals surface area contributed by atoms with Gasteiger partial charge in [0.1, 0.15) is 12.3 Å². The standard InChI is InChI=1S/C14H8BF2N5/c16-15(17)21-8-2-1-3-14(21)13(10-19)20-22(15)12-6-4-11(9-18)5-7-12/h1-8H. The average Bonchev–Trinajstić information content (AvgIpc) is 2.55. The van der Waals surface area contributed by atoms with E-state index in [1.54, 1.807) is 6.07 Å². The fraction of sp³-hybridized carbons (Fsp3) is 0. The van der Waals surface area contributed by atoms with Crippen LogP contribution < -0.4 is 9.40 Å². The molecule has 0 spiro atoms. The second-order valence-electron chi connectivity index (χ2n) is 4.65. The van der Waals surface area contributed by atoms with Crippen molar-refractivity contribution in [2.45, 2.75) is 0 Å². The molecule has 0 amide bonds. The highest BCUT2D eigenvalue weighted by Crippen LogP contribution is 2.26. The molecule has 2 aromatic rings. The fourth-order valence-electron chi connectivity index (χ4n) is 2.28. The van der Waals surface area contributed by atoms with Crippen LogP contribution in [0.25, 0.3) is 0 Å². The number of hydrazone groups is 1.